The zero-order chi connectivity index (χ0) is 17.5. The van der Waals surface area contributed by atoms with Crippen LogP contribution in [0.25, 0.3) is 0 Å². The van der Waals surface area contributed by atoms with E-state index in [0.717, 1.165) is 11.4 Å². The number of halogens is 2. The summed E-state index contributed by atoms with van der Waals surface area (Å²) in [4.78, 5) is 4.13. The molecule has 0 unspecified atom stereocenters. The summed E-state index contributed by atoms with van der Waals surface area (Å²) in [5.41, 5.74) is 7.09. The van der Waals surface area contributed by atoms with Crippen molar-refractivity contribution in [3.05, 3.63) is 59.7 Å². The number of anilines is 1. The average Bonchev–Trinajstić information content (AvgIpc) is 2.52. The predicted octanol–water partition coefficient (Wildman–Crippen LogP) is 3.50. The van der Waals surface area contributed by atoms with E-state index in [1.54, 1.807) is 19.1 Å². The minimum Gasteiger partial charge on any atom is -0.387 e. The van der Waals surface area contributed by atoms with E-state index in [0.29, 0.717) is 17.5 Å². The Morgan fingerprint density at radius 3 is 2.33 bits per heavy atom. The molecule has 0 bridgehead atoms. The van der Waals surface area contributed by atoms with Gasteiger partial charge in [-0.15, -0.1) is 0 Å². The van der Waals surface area contributed by atoms with E-state index < -0.39 is 11.6 Å². The Bertz CT molecular complexity index is 721. The number of rotatable bonds is 5. The van der Waals surface area contributed by atoms with Crippen LogP contribution in [0.15, 0.2) is 47.5 Å². The molecule has 0 aliphatic carbocycles. The summed E-state index contributed by atoms with van der Waals surface area (Å²) >= 11 is 5.16. The first-order valence-corrected chi connectivity index (χ1v) is 7.75. The molecule has 126 valence electrons. The van der Waals surface area contributed by atoms with Crippen LogP contribution in [-0.2, 0) is 6.42 Å². The van der Waals surface area contributed by atoms with Gasteiger partial charge in [-0.2, -0.15) is 0 Å². The monoisotopic (exact) mass is 348 g/mol. The summed E-state index contributed by atoms with van der Waals surface area (Å²) in [5, 5.41) is 6.28. The van der Waals surface area contributed by atoms with Gasteiger partial charge in [0.1, 0.15) is 11.6 Å². The molecular formula is C17H18F2N4S. The van der Waals surface area contributed by atoms with Gasteiger partial charge in [-0.25, -0.2) is 13.8 Å². The van der Waals surface area contributed by atoms with Crippen molar-refractivity contribution in [2.24, 2.45) is 10.7 Å². The van der Waals surface area contributed by atoms with E-state index in [2.05, 4.69) is 15.6 Å². The fraction of sp³-hybridized carbons (Fsp3) is 0.176. The molecule has 0 aliphatic heterocycles. The van der Waals surface area contributed by atoms with Gasteiger partial charge in [0.2, 0.25) is 0 Å². The number of nitrogens with one attached hydrogen (secondary N) is 2. The van der Waals surface area contributed by atoms with Gasteiger partial charge in [-0.05, 0) is 62.0 Å². The van der Waals surface area contributed by atoms with Crippen molar-refractivity contribution in [3.8, 4) is 0 Å². The molecule has 7 heteroatoms. The largest absolute Gasteiger partial charge is 0.387 e. The molecule has 0 saturated heterocycles. The molecule has 4 N–H and O–H groups in total. The Morgan fingerprint density at radius 2 is 1.75 bits per heavy atom. The number of hydrogen-bond acceptors (Lipinski definition) is 2. The van der Waals surface area contributed by atoms with Gasteiger partial charge in [0.15, 0.2) is 5.11 Å². The quantitative estimate of drug-likeness (QED) is 0.440. The van der Waals surface area contributed by atoms with E-state index in [-0.39, 0.29) is 12.0 Å². The number of aliphatic imine (C=N–C) groups is 1. The van der Waals surface area contributed by atoms with Gasteiger partial charge in [-0.1, -0.05) is 6.07 Å². The molecule has 0 amide bonds. The van der Waals surface area contributed by atoms with Crippen LogP contribution in [0.5, 0.6) is 0 Å². The SMILES string of the molecule is CC(N)=Nc1ccc(NC(=S)NCCc2c(F)cccc2F)cc1. The summed E-state index contributed by atoms with van der Waals surface area (Å²) in [7, 11) is 0. The predicted molar refractivity (Wildman–Crippen MR) is 97.7 cm³/mol. The van der Waals surface area contributed by atoms with Crippen LogP contribution in [0.4, 0.5) is 20.2 Å². The third-order valence-corrected chi connectivity index (χ3v) is 3.40. The minimum absolute atomic E-state index is 0.0483. The van der Waals surface area contributed by atoms with Crippen molar-refractivity contribution in [2.75, 3.05) is 11.9 Å². The Morgan fingerprint density at radius 1 is 1.12 bits per heavy atom. The topological polar surface area (TPSA) is 62.4 Å². The maximum Gasteiger partial charge on any atom is 0.170 e. The fourth-order valence-electron chi connectivity index (χ4n) is 2.07. The summed E-state index contributed by atoms with van der Waals surface area (Å²) < 4.78 is 27.0. The van der Waals surface area contributed by atoms with Gasteiger partial charge in [0, 0.05) is 17.8 Å². The van der Waals surface area contributed by atoms with Crippen LogP contribution < -0.4 is 16.4 Å². The fourth-order valence-corrected chi connectivity index (χ4v) is 2.29. The second-order valence-electron chi connectivity index (χ2n) is 5.13. The van der Waals surface area contributed by atoms with Gasteiger partial charge in [-0.3, -0.25) is 0 Å². The Balaban J connectivity index is 1.84. The molecule has 0 aliphatic rings. The van der Waals surface area contributed by atoms with Gasteiger partial charge in [0.05, 0.1) is 11.5 Å². The lowest BCUT2D eigenvalue weighted by Gasteiger charge is -2.11. The summed E-state index contributed by atoms with van der Waals surface area (Å²) in [5.74, 6) is -0.627. The van der Waals surface area contributed by atoms with Gasteiger partial charge in [0.25, 0.3) is 0 Å². The molecule has 2 aromatic rings. The van der Waals surface area contributed by atoms with Crippen molar-refractivity contribution in [2.45, 2.75) is 13.3 Å². The van der Waals surface area contributed by atoms with Crippen LogP contribution in [0.1, 0.15) is 12.5 Å². The van der Waals surface area contributed by atoms with Crippen molar-refractivity contribution >= 4 is 34.5 Å². The zero-order valence-corrected chi connectivity index (χ0v) is 14.0. The van der Waals surface area contributed by atoms with E-state index in [1.807, 2.05) is 12.1 Å². The van der Waals surface area contributed by atoms with E-state index in [9.17, 15) is 8.78 Å². The summed E-state index contributed by atoms with van der Waals surface area (Å²) in [6.07, 6.45) is 0.198. The Kier molecular flexibility index (Phi) is 6.20. The van der Waals surface area contributed by atoms with Crippen LogP contribution in [0.2, 0.25) is 0 Å². The molecular weight excluding hydrogens is 330 g/mol. The molecule has 0 aromatic heterocycles. The molecule has 0 spiro atoms. The van der Waals surface area contributed by atoms with E-state index >= 15 is 0 Å². The average molecular weight is 348 g/mol. The van der Waals surface area contributed by atoms with Crippen LogP contribution >= 0.6 is 12.2 Å². The van der Waals surface area contributed by atoms with Crippen molar-refractivity contribution in [3.63, 3.8) is 0 Å². The first-order chi connectivity index (χ1) is 11.5. The molecule has 4 nitrogen and oxygen atoms in total. The summed E-state index contributed by atoms with van der Waals surface area (Å²) in [6.45, 7) is 2.03. The first kappa shape index (κ1) is 17.8. The highest BCUT2D eigenvalue weighted by Crippen LogP contribution is 2.16. The second-order valence-corrected chi connectivity index (χ2v) is 5.54. The molecule has 2 rings (SSSR count). The summed E-state index contributed by atoms with van der Waals surface area (Å²) in [6, 6.07) is 11.0. The number of nitrogens with zero attached hydrogens (tertiary/aromatic N) is 1. The Hall–Kier alpha value is -2.54. The Labute approximate surface area is 144 Å². The standard InChI is InChI=1S/C17H18F2N4S/c1-11(20)22-12-5-7-13(8-6-12)23-17(24)21-10-9-14-15(18)3-2-4-16(14)19/h2-8H,9-10H2,1H3,(H2,20,22)(H2,21,23,24). The van der Waals surface area contributed by atoms with Crippen LogP contribution in [0.3, 0.4) is 0 Å². The van der Waals surface area contributed by atoms with Crippen molar-refractivity contribution in [1.82, 2.24) is 5.32 Å². The third kappa shape index (κ3) is 5.27. The molecule has 0 saturated carbocycles. The van der Waals surface area contributed by atoms with Crippen LogP contribution in [-0.4, -0.2) is 17.5 Å². The van der Waals surface area contributed by atoms with E-state index in [1.165, 1.54) is 18.2 Å². The lowest BCUT2D eigenvalue weighted by Crippen LogP contribution is -2.30. The molecule has 0 fully saturated rings. The van der Waals surface area contributed by atoms with Gasteiger partial charge < -0.3 is 16.4 Å². The smallest absolute Gasteiger partial charge is 0.170 e. The zero-order valence-electron chi connectivity index (χ0n) is 13.1. The minimum atomic E-state index is -0.554. The maximum absolute atomic E-state index is 13.5. The highest BCUT2D eigenvalue weighted by Gasteiger charge is 2.08. The molecule has 0 atom stereocenters. The molecule has 0 heterocycles. The lowest BCUT2D eigenvalue weighted by atomic mass is 10.1. The highest BCUT2D eigenvalue weighted by atomic mass is 32.1. The van der Waals surface area contributed by atoms with E-state index in [4.69, 9.17) is 18.0 Å². The molecule has 2 aromatic carbocycles. The van der Waals surface area contributed by atoms with Crippen molar-refractivity contribution in [1.29, 1.82) is 0 Å². The lowest BCUT2D eigenvalue weighted by molar-refractivity contribution is 0.553. The van der Waals surface area contributed by atoms with Crippen LogP contribution in [0, 0.1) is 11.6 Å². The van der Waals surface area contributed by atoms with Gasteiger partial charge >= 0.3 is 0 Å². The molecule has 0 radical (unpaired) electrons. The highest BCUT2D eigenvalue weighted by molar-refractivity contribution is 7.80. The number of benzene rings is 2. The number of nitrogens with two attached hydrogens (primary N) is 1. The number of amidine groups is 1. The van der Waals surface area contributed by atoms with Crippen molar-refractivity contribution < 1.29 is 8.78 Å². The number of thiocarbonyl (C=S) groups is 1. The maximum atomic E-state index is 13.5. The molecule has 24 heavy (non-hydrogen) atoms. The second kappa shape index (κ2) is 8.35. The first-order valence-electron chi connectivity index (χ1n) is 7.34. The third-order valence-electron chi connectivity index (χ3n) is 3.15. The normalized spacial score (nSPS) is 11.2. The number of hydrogen-bond donors (Lipinski definition) is 3.